The molecule has 1 aromatic heterocycles. The molecule has 0 unspecified atom stereocenters. The normalized spacial score (nSPS) is 14.7. The summed E-state index contributed by atoms with van der Waals surface area (Å²) in [7, 11) is 1.89. The van der Waals surface area contributed by atoms with Gasteiger partial charge in [-0.25, -0.2) is 4.68 Å². The number of thiocarbonyl (C=S) groups is 1. The van der Waals surface area contributed by atoms with E-state index >= 15 is 0 Å². The van der Waals surface area contributed by atoms with E-state index in [0.717, 1.165) is 44.1 Å². The predicted molar refractivity (Wildman–Crippen MR) is 124 cm³/mol. The molecule has 2 aromatic carbocycles. The Labute approximate surface area is 182 Å². The van der Waals surface area contributed by atoms with E-state index in [2.05, 4.69) is 40.5 Å². The van der Waals surface area contributed by atoms with E-state index in [1.54, 1.807) is 9.58 Å². The molecule has 7 heteroatoms. The van der Waals surface area contributed by atoms with Gasteiger partial charge in [0.15, 0.2) is 5.11 Å². The number of quaternary nitrogens is 1. The van der Waals surface area contributed by atoms with Gasteiger partial charge in [-0.15, -0.1) is 0 Å². The molecular formula is C23H28N5OS+. The second kappa shape index (κ2) is 8.85. The van der Waals surface area contributed by atoms with E-state index in [-0.39, 0.29) is 5.56 Å². The summed E-state index contributed by atoms with van der Waals surface area (Å²) in [5, 5.41) is 3.86. The highest BCUT2D eigenvalue weighted by Gasteiger charge is 2.24. The first-order valence-electron chi connectivity index (χ1n) is 10.3. The lowest BCUT2D eigenvalue weighted by atomic mass is 10.2. The van der Waals surface area contributed by atoms with E-state index in [9.17, 15) is 4.79 Å². The highest BCUT2D eigenvalue weighted by Crippen LogP contribution is 2.14. The predicted octanol–water partition coefficient (Wildman–Crippen LogP) is 1.58. The second-order valence-electron chi connectivity index (χ2n) is 7.77. The number of anilines is 1. The minimum absolute atomic E-state index is 0.0862. The molecule has 3 aromatic rings. The van der Waals surface area contributed by atoms with E-state index in [1.807, 2.05) is 49.0 Å². The Hall–Kier alpha value is -2.90. The van der Waals surface area contributed by atoms with Crippen molar-refractivity contribution in [1.29, 1.82) is 0 Å². The highest BCUT2D eigenvalue weighted by molar-refractivity contribution is 7.80. The maximum Gasteiger partial charge on any atom is 0.295 e. The molecule has 0 bridgehead atoms. The van der Waals surface area contributed by atoms with Gasteiger partial charge in [0.2, 0.25) is 0 Å². The minimum Gasteiger partial charge on any atom is -0.338 e. The summed E-state index contributed by atoms with van der Waals surface area (Å²) >= 11 is 5.66. The second-order valence-corrected chi connectivity index (χ2v) is 8.15. The average Bonchev–Trinajstić information content (AvgIpc) is 2.98. The molecule has 0 saturated carbocycles. The van der Waals surface area contributed by atoms with Gasteiger partial charge in [-0.05, 0) is 31.3 Å². The van der Waals surface area contributed by atoms with Crippen LogP contribution < -0.4 is 15.8 Å². The van der Waals surface area contributed by atoms with Crippen molar-refractivity contribution in [3.8, 4) is 5.69 Å². The van der Waals surface area contributed by atoms with Crippen LogP contribution in [0.4, 0.5) is 5.69 Å². The van der Waals surface area contributed by atoms with Crippen LogP contribution in [0.1, 0.15) is 11.3 Å². The lowest BCUT2D eigenvalue weighted by molar-refractivity contribution is -0.917. The van der Waals surface area contributed by atoms with Crippen molar-refractivity contribution in [1.82, 2.24) is 14.3 Å². The molecule has 0 radical (unpaired) electrons. The lowest BCUT2D eigenvalue weighted by Crippen LogP contribution is -3.13. The van der Waals surface area contributed by atoms with Gasteiger partial charge in [0.05, 0.1) is 37.6 Å². The molecule has 4 rings (SSSR count). The number of aromatic nitrogens is 2. The van der Waals surface area contributed by atoms with Crippen LogP contribution in [0.5, 0.6) is 0 Å². The Kier molecular flexibility index (Phi) is 6.01. The first-order chi connectivity index (χ1) is 14.5. The van der Waals surface area contributed by atoms with Crippen molar-refractivity contribution in [2.45, 2.75) is 13.5 Å². The van der Waals surface area contributed by atoms with Gasteiger partial charge in [0.1, 0.15) is 12.2 Å². The van der Waals surface area contributed by atoms with Gasteiger partial charge in [-0.3, -0.25) is 9.48 Å². The van der Waals surface area contributed by atoms with Gasteiger partial charge < -0.3 is 15.1 Å². The molecule has 1 saturated heterocycles. The van der Waals surface area contributed by atoms with Crippen molar-refractivity contribution in [3.63, 3.8) is 0 Å². The van der Waals surface area contributed by atoms with Crippen LogP contribution in [-0.4, -0.2) is 45.6 Å². The average molecular weight is 423 g/mol. The van der Waals surface area contributed by atoms with Crippen LogP contribution in [0.25, 0.3) is 5.69 Å². The summed E-state index contributed by atoms with van der Waals surface area (Å²) in [6.45, 7) is 6.79. The van der Waals surface area contributed by atoms with E-state index in [0.29, 0.717) is 10.8 Å². The number of para-hydroxylation sites is 1. The smallest absolute Gasteiger partial charge is 0.295 e. The molecule has 1 aliphatic heterocycles. The van der Waals surface area contributed by atoms with Crippen LogP contribution in [0.2, 0.25) is 0 Å². The fourth-order valence-corrected chi connectivity index (χ4v) is 4.27. The Balaban J connectivity index is 1.42. The fraction of sp³-hybridized carbons (Fsp3) is 0.304. The third-order valence-electron chi connectivity index (χ3n) is 5.84. The Morgan fingerprint density at radius 3 is 2.27 bits per heavy atom. The topological polar surface area (TPSA) is 46.6 Å². The monoisotopic (exact) mass is 422 g/mol. The van der Waals surface area contributed by atoms with Crippen LogP contribution in [-0.2, 0) is 13.6 Å². The summed E-state index contributed by atoms with van der Waals surface area (Å²) in [6.07, 6.45) is 0. The first kappa shape index (κ1) is 20.4. The molecule has 2 heterocycles. The summed E-state index contributed by atoms with van der Waals surface area (Å²) in [5.41, 5.74) is 3.52. The van der Waals surface area contributed by atoms with Crippen LogP contribution in [0.15, 0.2) is 65.5 Å². The largest absolute Gasteiger partial charge is 0.338 e. The third-order valence-corrected chi connectivity index (χ3v) is 6.20. The Bertz CT molecular complexity index is 1070. The molecule has 156 valence electrons. The zero-order valence-electron chi connectivity index (χ0n) is 17.5. The Morgan fingerprint density at radius 1 is 1.03 bits per heavy atom. The molecule has 0 atom stereocenters. The van der Waals surface area contributed by atoms with Crippen molar-refractivity contribution in [2.75, 3.05) is 31.5 Å². The summed E-state index contributed by atoms with van der Waals surface area (Å²) < 4.78 is 3.53. The molecule has 2 N–H and O–H groups in total. The highest BCUT2D eigenvalue weighted by atomic mass is 32.1. The number of nitrogens with one attached hydrogen (secondary N) is 2. The number of piperazine rings is 1. The van der Waals surface area contributed by atoms with Crippen molar-refractivity contribution in [2.24, 2.45) is 7.05 Å². The molecule has 6 nitrogen and oxygen atoms in total. The maximum absolute atomic E-state index is 13.1. The van der Waals surface area contributed by atoms with Crippen LogP contribution >= 0.6 is 12.2 Å². The lowest BCUT2D eigenvalue weighted by Gasteiger charge is -2.33. The zero-order chi connectivity index (χ0) is 21.1. The summed E-state index contributed by atoms with van der Waals surface area (Å²) in [6, 6.07) is 20.3. The molecular weight excluding hydrogens is 394 g/mol. The number of nitrogens with zero attached hydrogens (tertiary/aromatic N) is 3. The molecule has 30 heavy (non-hydrogen) atoms. The van der Waals surface area contributed by atoms with Crippen molar-refractivity contribution < 1.29 is 4.90 Å². The van der Waals surface area contributed by atoms with Crippen molar-refractivity contribution in [3.05, 3.63) is 82.3 Å². The van der Waals surface area contributed by atoms with Gasteiger partial charge in [-0.1, -0.05) is 48.5 Å². The molecule has 0 amide bonds. The zero-order valence-corrected chi connectivity index (χ0v) is 18.3. The van der Waals surface area contributed by atoms with Gasteiger partial charge in [-0.2, -0.15) is 0 Å². The molecule has 1 aliphatic rings. The van der Waals surface area contributed by atoms with Gasteiger partial charge in [0.25, 0.3) is 5.56 Å². The molecule has 0 spiro atoms. The van der Waals surface area contributed by atoms with E-state index in [1.165, 1.54) is 5.56 Å². The maximum atomic E-state index is 13.1. The molecule has 0 aliphatic carbocycles. The fourth-order valence-electron chi connectivity index (χ4n) is 3.99. The van der Waals surface area contributed by atoms with Crippen LogP contribution in [0.3, 0.4) is 0 Å². The summed E-state index contributed by atoms with van der Waals surface area (Å²) in [5.74, 6) is 0. The minimum atomic E-state index is -0.0862. The standard InChI is InChI=1S/C23H27N5OS/c1-18-21(22(29)28(25(18)2)20-11-7-4-8-12-20)24-23(30)27-15-13-26(14-16-27)17-19-9-5-3-6-10-19/h3-12H,13-17H2,1-2H3,(H,24,30)/p+1. The van der Waals surface area contributed by atoms with Crippen LogP contribution in [0, 0.1) is 6.92 Å². The van der Waals surface area contributed by atoms with E-state index in [4.69, 9.17) is 12.2 Å². The summed E-state index contributed by atoms with van der Waals surface area (Å²) in [4.78, 5) is 16.8. The molecule has 1 fully saturated rings. The quantitative estimate of drug-likeness (QED) is 0.627. The van der Waals surface area contributed by atoms with Gasteiger partial charge >= 0.3 is 0 Å². The Morgan fingerprint density at radius 2 is 1.63 bits per heavy atom. The first-order valence-corrected chi connectivity index (χ1v) is 10.7. The number of benzene rings is 2. The number of hydrogen-bond donors (Lipinski definition) is 2. The van der Waals surface area contributed by atoms with E-state index < -0.39 is 0 Å². The SMILES string of the molecule is Cc1c(NC(=S)N2CC[NH+](Cc3ccccc3)CC2)c(=O)n(-c2ccccc2)n1C. The third kappa shape index (κ3) is 4.17. The number of hydrogen-bond acceptors (Lipinski definition) is 2. The number of rotatable bonds is 4. The van der Waals surface area contributed by atoms with Crippen molar-refractivity contribution >= 4 is 23.0 Å². The van der Waals surface area contributed by atoms with Gasteiger partial charge in [0, 0.05) is 12.6 Å².